The molecule has 6 heteroatoms. The van der Waals surface area contributed by atoms with Gasteiger partial charge in [-0.15, -0.1) is 11.8 Å². The molecule has 2 amide bonds. The molecule has 1 heterocycles. The van der Waals surface area contributed by atoms with Gasteiger partial charge >= 0.3 is 0 Å². The van der Waals surface area contributed by atoms with E-state index in [1.165, 1.54) is 11.8 Å². The van der Waals surface area contributed by atoms with Crippen LogP contribution >= 0.6 is 11.8 Å². The van der Waals surface area contributed by atoms with Gasteiger partial charge in [0.1, 0.15) is 5.76 Å². The fourth-order valence-corrected chi connectivity index (χ4v) is 3.00. The highest BCUT2D eigenvalue weighted by Gasteiger charge is 2.15. The van der Waals surface area contributed by atoms with Gasteiger partial charge in [-0.05, 0) is 44.0 Å². The summed E-state index contributed by atoms with van der Waals surface area (Å²) in [6.45, 7) is 5.65. The average Bonchev–Trinajstić information content (AvgIpc) is 3.07. The number of hydrogen-bond donors (Lipinski definition) is 2. The number of nitrogens with one attached hydrogen (secondary N) is 2. The summed E-state index contributed by atoms with van der Waals surface area (Å²) in [7, 11) is 0. The lowest BCUT2D eigenvalue weighted by atomic mass is 10.1. The van der Waals surface area contributed by atoms with Crippen molar-refractivity contribution in [1.82, 2.24) is 5.32 Å². The maximum atomic E-state index is 12.1. The first kappa shape index (κ1) is 18.1. The minimum Gasteiger partial charge on any atom is -0.468 e. The largest absolute Gasteiger partial charge is 0.468 e. The molecule has 0 radical (unpaired) electrons. The Morgan fingerprint density at radius 3 is 2.50 bits per heavy atom. The van der Waals surface area contributed by atoms with E-state index >= 15 is 0 Å². The van der Waals surface area contributed by atoms with Crippen LogP contribution in [-0.4, -0.2) is 23.6 Å². The van der Waals surface area contributed by atoms with Crippen molar-refractivity contribution in [1.29, 1.82) is 0 Å². The first-order valence-electron chi connectivity index (χ1n) is 7.75. The number of aryl methyl sites for hydroxylation is 2. The van der Waals surface area contributed by atoms with E-state index in [0.717, 1.165) is 22.6 Å². The average molecular weight is 346 g/mol. The number of rotatable bonds is 7. The van der Waals surface area contributed by atoms with Gasteiger partial charge in [-0.2, -0.15) is 0 Å². The smallest absolute Gasteiger partial charge is 0.243 e. The normalized spacial score (nSPS) is 11.8. The first-order chi connectivity index (χ1) is 11.5. The topological polar surface area (TPSA) is 71.3 Å². The third kappa shape index (κ3) is 5.16. The highest BCUT2D eigenvalue weighted by Crippen LogP contribution is 2.19. The molecule has 128 valence electrons. The van der Waals surface area contributed by atoms with Gasteiger partial charge < -0.3 is 15.1 Å². The van der Waals surface area contributed by atoms with Gasteiger partial charge in [0, 0.05) is 5.69 Å². The van der Waals surface area contributed by atoms with Gasteiger partial charge in [-0.3, -0.25) is 9.59 Å². The Bertz CT molecular complexity index is 678. The van der Waals surface area contributed by atoms with Crippen LogP contribution in [0.1, 0.15) is 23.8 Å². The molecule has 0 aliphatic rings. The van der Waals surface area contributed by atoms with E-state index in [4.69, 9.17) is 4.42 Å². The first-order valence-corrected chi connectivity index (χ1v) is 8.80. The summed E-state index contributed by atoms with van der Waals surface area (Å²) in [4.78, 5) is 24.1. The number of para-hydroxylation sites is 1. The lowest BCUT2D eigenvalue weighted by Crippen LogP contribution is -2.37. The highest BCUT2D eigenvalue weighted by molar-refractivity contribution is 7.99. The predicted molar refractivity (Wildman–Crippen MR) is 97.0 cm³/mol. The van der Waals surface area contributed by atoms with Crippen molar-refractivity contribution < 1.29 is 14.0 Å². The Kier molecular flexibility index (Phi) is 6.49. The third-order valence-corrected chi connectivity index (χ3v) is 4.76. The van der Waals surface area contributed by atoms with Crippen LogP contribution < -0.4 is 10.6 Å². The molecular formula is C18H22N2O3S. The van der Waals surface area contributed by atoms with E-state index in [2.05, 4.69) is 10.6 Å². The molecule has 1 atom stereocenters. The van der Waals surface area contributed by atoms with Crippen molar-refractivity contribution in [2.75, 3.05) is 11.9 Å². The molecule has 24 heavy (non-hydrogen) atoms. The molecule has 0 aliphatic heterocycles. The number of benzene rings is 1. The molecule has 1 aromatic heterocycles. The van der Waals surface area contributed by atoms with Crippen LogP contribution in [0.15, 0.2) is 41.0 Å². The Morgan fingerprint density at radius 2 is 1.88 bits per heavy atom. The molecule has 5 nitrogen and oxygen atoms in total. The molecule has 0 fully saturated rings. The number of hydrogen-bond acceptors (Lipinski definition) is 4. The number of thioether (sulfide) groups is 1. The highest BCUT2D eigenvalue weighted by atomic mass is 32.2. The summed E-state index contributed by atoms with van der Waals surface area (Å²) < 4.78 is 5.23. The number of carbonyl (C=O) groups is 2. The van der Waals surface area contributed by atoms with E-state index < -0.39 is 0 Å². The van der Waals surface area contributed by atoms with Crippen molar-refractivity contribution in [3.05, 3.63) is 53.5 Å². The van der Waals surface area contributed by atoms with E-state index in [0.29, 0.717) is 5.75 Å². The monoisotopic (exact) mass is 346 g/mol. The molecule has 0 unspecified atom stereocenters. The second-order valence-corrected chi connectivity index (χ2v) is 6.89. The van der Waals surface area contributed by atoms with Gasteiger partial charge in [-0.1, -0.05) is 18.2 Å². The van der Waals surface area contributed by atoms with Crippen molar-refractivity contribution >= 4 is 29.3 Å². The molecular weight excluding hydrogens is 324 g/mol. The fraction of sp³-hybridized carbons (Fsp3) is 0.333. The second kappa shape index (κ2) is 8.59. The van der Waals surface area contributed by atoms with Gasteiger partial charge in [-0.25, -0.2) is 0 Å². The van der Waals surface area contributed by atoms with Crippen molar-refractivity contribution in [2.24, 2.45) is 0 Å². The minimum atomic E-state index is -0.261. The van der Waals surface area contributed by atoms with Crippen molar-refractivity contribution in [3.63, 3.8) is 0 Å². The van der Waals surface area contributed by atoms with Gasteiger partial charge in [0.25, 0.3) is 0 Å². The Morgan fingerprint density at radius 1 is 1.17 bits per heavy atom. The van der Waals surface area contributed by atoms with Crippen LogP contribution in [-0.2, 0) is 15.3 Å². The third-order valence-electron chi connectivity index (χ3n) is 3.59. The minimum absolute atomic E-state index is 0.0434. The summed E-state index contributed by atoms with van der Waals surface area (Å²) in [6.07, 6.45) is 1.61. The quantitative estimate of drug-likeness (QED) is 0.807. The fourth-order valence-electron chi connectivity index (χ4n) is 2.18. The molecule has 0 saturated carbocycles. The Labute approximate surface area is 146 Å². The summed E-state index contributed by atoms with van der Waals surface area (Å²) in [5, 5.41) is 5.26. The lowest BCUT2D eigenvalue weighted by Gasteiger charge is -2.13. The molecule has 1 aromatic carbocycles. The standard InChI is InChI=1S/C18H22N2O3S/c1-12-6-4-7-13(2)17(12)20-16(21)10-19-18(22)14(3)24-11-15-8-5-9-23-15/h4-9,14H,10-11H2,1-3H3,(H,19,22)(H,20,21)/t14-/m0/s1. The Hall–Kier alpha value is -2.21. The number of carbonyl (C=O) groups excluding carboxylic acids is 2. The zero-order valence-corrected chi connectivity index (χ0v) is 14.9. The van der Waals surface area contributed by atoms with E-state index in [-0.39, 0.29) is 23.6 Å². The van der Waals surface area contributed by atoms with Crippen LogP contribution in [0.4, 0.5) is 5.69 Å². The van der Waals surface area contributed by atoms with Crippen LogP contribution in [0, 0.1) is 13.8 Å². The summed E-state index contributed by atoms with van der Waals surface area (Å²) in [5.41, 5.74) is 2.80. The lowest BCUT2D eigenvalue weighted by molar-refractivity contribution is -0.123. The molecule has 2 rings (SSSR count). The van der Waals surface area contributed by atoms with Crippen LogP contribution in [0.2, 0.25) is 0 Å². The van der Waals surface area contributed by atoms with Crippen molar-refractivity contribution in [3.8, 4) is 0 Å². The predicted octanol–water partition coefficient (Wildman–Crippen LogP) is 3.27. The molecule has 0 saturated heterocycles. The van der Waals surface area contributed by atoms with E-state index in [1.807, 2.05) is 51.1 Å². The Balaban J connectivity index is 1.77. The van der Waals surface area contributed by atoms with E-state index in [1.54, 1.807) is 6.26 Å². The number of amides is 2. The zero-order chi connectivity index (χ0) is 17.5. The maximum absolute atomic E-state index is 12.1. The maximum Gasteiger partial charge on any atom is 0.243 e. The molecule has 2 aromatic rings. The van der Waals surface area contributed by atoms with Crippen LogP contribution in [0.3, 0.4) is 0 Å². The van der Waals surface area contributed by atoms with Gasteiger partial charge in [0.15, 0.2) is 0 Å². The van der Waals surface area contributed by atoms with Gasteiger partial charge in [0.05, 0.1) is 23.8 Å². The molecule has 0 spiro atoms. The summed E-state index contributed by atoms with van der Waals surface area (Å²) in [5.74, 6) is 1.05. The summed E-state index contributed by atoms with van der Waals surface area (Å²) in [6, 6.07) is 9.51. The summed E-state index contributed by atoms with van der Waals surface area (Å²) >= 11 is 1.47. The van der Waals surface area contributed by atoms with Crippen LogP contribution in [0.5, 0.6) is 0 Å². The van der Waals surface area contributed by atoms with Crippen LogP contribution in [0.25, 0.3) is 0 Å². The SMILES string of the molecule is Cc1cccc(C)c1NC(=O)CNC(=O)[C@H](C)SCc1ccco1. The molecule has 2 N–H and O–H groups in total. The molecule has 0 aliphatic carbocycles. The van der Waals surface area contributed by atoms with Crippen molar-refractivity contribution in [2.45, 2.75) is 31.8 Å². The van der Waals surface area contributed by atoms with Gasteiger partial charge in [0.2, 0.25) is 11.8 Å². The molecule has 0 bridgehead atoms. The number of anilines is 1. The number of furan rings is 1. The zero-order valence-electron chi connectivity index (χ0n) is 14.1. The van der Waals surface area contributed by atoms with E-state index in [9.17, 15) is 9.59 Å². The second-order valence-electron chi connectivity index (χ2n) is 5.57.